The summed E-state index contributed by atoms with van der Waals surface area (Å²) in [4.78, 5) is 0. The molecule has 1 rings (SSSR count). The number of nitrogens with two attached hydrogens (primary N) is 1. The molecule has 3 N–H and O–H groups in total. The minimum absolute atomic E-state index is 0.0387. The van der Waals surface area contributed by atoms with Crippen LogP contribution >= 0.6 is 0 Å². The molecule has 0 amide bonds. The summed E-state index contributed by atoms with van der Waals surface area (Å²) in [7, 11) is 0. The Balaban J connectivity index is 2.62. The monoisotopic (exact) mass is 236 g/mol. The highest BCUT2D eigenvalue weighted by molar-refractivity contribution is 5.36. The largest absolute Gasteiger partial charge is 0.364 e. The van der Waals surface area contributed by atoms with Crippen LogP contribution in [0.3, 0.4) is 0 Å². The number of hydrogen-bond donors (Lipinski definition) is 2. The summed E-state index contributed by atoms with van der Waals surface area (Å²) in [5, 5.41) is 11.8. The maximum atomic E-state index is 5.57. The van der Waals surface area contributed by atoms with E-state index in [1.165, 1.54) is 0 Å². The third-order valence-corrected chi connectivity index (χ3v) is 2.57. The molecule has 0 bridgehead atoms. The van der Waals surface area contributed by atoms with E-state index >= 15 is 0 Å². The maximum absolute atomic E-state index is 5.57. The van der Waals surface area contributed by atoms with E-state index in [2.05, 4.69) is 43.2 Å². The highest BCUT2D eigenvalue weighted by Gasteiger charge is 2.16. The number of hydrogen-bond acceptors (Lipinski definition) is 4. The molecule has 96 valence electrons. The Morgan fingerprint density at radius 1 is 1.29 bits per heavy atom. The first-order valence-electron chi connectivity index (χ1n) is 6.24. The van der Waals surface area contributed by atoms with Gasteiger partial charge in [-0.2, -0.15) is 5.10 Å². The minimum atomic E-state index is -0.0387. The second-order valence-electron chi connectivity index (χ2n) is 5.56. The smallest absolute Gasteiger partial charge is 0.149 e. The number of aromatic nitrogens is 2. The van der Waals surface area contributed by atoms with Crippen molar-refractivity contribution in [1.29, 1.82) is 0 Å². The predicted octanol–water partition coefficient (Wildman–Crippen LogP) is 2.21. The van der Waals surface area contributed by atoms with Crippen molar-refractivity contribution < 1.29 is 0 Å². The zero-order valence-electron chi connectivity index (χ0n) is 11.3. The second kappa shape index (κ2) is 5.96. The van der Waals surface area contributed by atoms with Gasteiger partial charge in [-0.1, -0.05) is 13.8 Å². The fraction of sp³-hybridized carbons (Fsp3) is 0.692. The van der Waals surface area contributed by atoms with Gasteiger partial charge >= 0.3 is 0 Å². The van der Waals surface area contributed by atoms with E-state index in [4.69, 9.17) is 5.73 Å². The van der Waals surface area contributed by atoms with Crippen molar-refractivity contribution in [2.75, 3.05) is 11.9 Å². The SMILES string of the molecule is CC(C)Cc1ccc(NC(C)(C)CCN)nn1. The molecule has 0 aliphatic rings. The van der Waals surface area contributed by atoms with Gasteiger partial charge in [0.05, 0.1) is 5.69 Å². The average molecular weight is 236 g/mol. The van der Waals surface area contributed by atoms with Gasteiger partial charge in [-0.15, -0.1) is 5.10 Å². The standard InChI is InChI=1S/C13H24N4/c1-10(2)9-11-5-6-12(17-16-11)15-13(3,4)7-8-14/h5-6,10H,7-9,14H2,1-4H3,(H,15,17). The molecule has 0 unspecified atom stereocenters. The van der Waals surface area contributed by atoms with Crippen molar-refractivity contribution in [3.8, 4) is 0 Å². The van der Waals surface area contributed by atoms with Gasteiger partial charge in [-0.25, -0.2) is 0 Å². The van der Waals surface area contributed by atoms with Gasteiger partial charge in [0.2, 0.25) is 0 Å². The zero-order chi connectivity index (χ0) is 12.9. The van der Waals surface area contributed by atoms with Crippen molar-refractivity contribution in [3.05, 3.63) is 17.8 Å². The van der Waals surface area contributed by atoms with Crippen LogP contribution < -0.4 is 11.1 Å². The van der Waals surface area contributed by atoms with Crippen LogP contribution in [-0.2, 0) is 6.42 Å². The molecule has 0 saturated carbocycles. The molecule has 0 aliphatic heterocycles. The van der Waals surface area contributed by atoms with E-state index in [-0.39, 0.29) is 5.54 Å². The Morgan fingerprint density at radius 2 is 2.00 bits per heavy atom. The molecule has 1 aromatic heterocycles. The molecule has 0 radical (unpaired) electrons. The van der Waals surface area contributed by atoms with E-state index in [9.17, 15) is 0 Å². The molecule has 1 heterocycles. The van der Waals surface area contributed by atoms with Crippen LogP contribution in [0.15, 0.2) is 12.1 Å². The molecule has 0 atom stereocenters. The summed E-state index contributed by atoms with van der Waals surface area (Å²) in [6.07, 6.45) is 1.88. The first-order chi connectivity index (χ1) is 7.93. The van der Waals surface area contributed by atoms with Crippen molar-refractivity contribution in [2.45, 2.75) is 46.1 Å². The molecule has 0 fully saturated rings. The lowest BCUT2D eigenvalue weighted by Gasteiger charge is -2.25. The minimum Gasteiger partial charge on any atom is -0.364 e. The molecule has 1 aromatic rings. The molecular weight excluding hydrogens is 212 g/mol. The van der Waals surface area contributed by atoms with Gasteiger partial charge < -0.3 is 11.1 Å². The number of nitrogens with zero attached hydrogens (tertiary/aromatic N) is 2. The quantitative estimate of drug-likeness (QED) is 0.795. The molecule has 0 spiro atoms. The summed E-state index contributed by atoms with van der Waals surface area (Å²) in [5.74, 6) is 1.42. The van der Waals surface area contributed by atoms with Gasteiger partial charge in [0.1, 0.15) is 5.82 Å². The summed E-state index contributed by atoms with van der Waals surface area (Å²) < 4.78 is 0. The van der Waals surface area contributed by atoms with Crippen LogP contribution in [-0.4, -0.2) is 22.3 Å². The van der Waals surface area contributed by atoms with Gasteiger partial charge in [0.25, 0.3) is 0 Å². The molecule has 4 nitrogen and oxygen atoms in total. The summed E-state index contributed by atoms with van der Waals surface area (Å²) in [5.41, 5.74) is 6.58. The Labute approximate surface area is 104 Å². The van der Waals surface area contributed by atoms with Crippen molar-refractivity contribution in [2.24, 2.45) is 11.7 Å². The highest BCUT2D eigenvalue weighted by atomic mass is 15.2. The molecule has 0 aromatic carbocycles. The third-order valence-electron chi connectivity index (χ3n) is 2.57. The number of anilines is 1. The molecule has 4 heteroatoms. The molecule has 0 aliphatic carbocycles. The van der Waals surface area contributed by atoms with Crippen LogP contribution in [0.4, 0.5) is 5.82 Å². The first kappa shape index (κ1) is 13.9. The Hall–Kier alpha value is -1.16. The molecular formula is C13H24N4. The Bertz CT molecular complexity index is 330. The highest BCUT2D eigenvalue weighted by Crippen LogP contribution is 2.15. The van der Waals surface area contributed by atoms with E-state index in [1.54, 1.807) is 0 Å². The van der Waals surface area contributed by atoms with E-state index in [1.807, 2.05) is 12.1 Å². The normalized spacial score (nSPS) is 11.9. The van der Waals surface area contributed by atoms with Gasteiger partial charge in [-0.05, 0) is 51.3 Å². The van der Waals surface area contributed by atoms with Crippen LogP contribution in [0.25, 0.3) is 0 Å². The third kappa shape index (κ3) is 5.13. The maximum Gasteiger partial charge on any atom is 0.149 e. The van der Waals surface area contributed by atoms with Crippen molar-refractivity contribution in [1.82, 2.24) is 10.2 Å². The summed E-state index contributed by atoms with van der Waals surface area (Å²) in [6.45, 7) is 9.25. The Morgan fingerprint density at radius 3 is 2.47 bits per heavy atom. The number of nitrogens with one attached hydrogen (secondary N) is 1. The second-order valence-corrected chi connectivity index (χ2v) is 5.56. The zero-order valence-corrected chi connectivity index (χ0v) is 11.3. The lowest BCUT2D eigenvalue weighted by atomic mass is 10.0. The Kier molecular flexibility index (Phi) is 4.87. The van der Waals surface area contributed by atoms with Gasteiger partial charge in [0, 0.05) is 5.54 Å². The first-order valence-corrected chi connectivity index (χ1v) is 6.24. The van der Waals surface area contributed by atoms with Gasteiger partial charge in [0.15, 0.2) is 0 Å². The fourth-order valence-electron chi connectivity index (χ4n) is 1.72. The lowest BCUT2D eigenvalue weighted by Crippen LogP contribution is -2.33. The summed E-state index contributed by atoms with van der Waals surface area (Å²) >= 11 is 0. The number of rotatable bonds is 6. The van der Waals surface area contributed by atoms with Crippen LogP contribution in [0.1, 0.15) is 39.8 Å². The van der Waals surface area contributed by atoms with E-state index in [0.717, 1.165) is 24.4 Å². The van der Waals surface area contributed by atoms with Crippen LogP contribution in [0.5, 0.6) is 0 Å². The van der Waals surface area contributed by atoms with Gasteiger partial charge in [-0.3, -0.25) is 0 Å². The fourth-order valence-corrected chi connectivity index (χ4v) is 1.72. The van der Waals surface area contributed by atoms with Crippen molar-refractivity contribution in [3.63, 3.8) is 0 Å². The average Bonchev–Trinajstić information content (AvgIpc) is 2.19. The molecule has 0 saturated heterocycles. The van der Waals surface area contributed by atoms with Crippen LogP contribution in [0, 0.1) is 5.92 Å². The molecule has 17 heavy (non-hydrogen) atoms. The lowest BCUT2D eigenvalue weighted by molar-refractivity contribution is 0.523. The predicted molar refractivity (Wildman–Crippen MR) is 71.9 cm³/mol. The topological polar surface area (TPSA) is 63.8 Å². The van der Waals surface area contributed by atoms with E-state index in [0.29, 0.717) is 12.5 Å². The van der Waals surface area contributed by atoms with Crippen LogP contribution in [0.2, 0.25) is 0 Å². The van der Waals surface area contributed by atoms with Crippen molar-refractivity contribution >= 4 is 5.82 Å². The van der Waals surface area contributed by atoms with E-state index < -0.39 is 0 Å². The summed E-state index contributed by atoms with van der Waals surface area (Å²) in [6, 6.07) is 4.02.